The quantitative estimate of drug-likeness (QED) is 0.402. The van der Waals surface area contributed by atoms with E-state index in [4.69, 9.17) is 17.0 Å². The number of pyridine rings is 1. The van der Waals surface area contributed by atoms with Gasteiger partial charge in [0.05, 0.1) is 17.8 Å². The zero-order valence-electron chi connectivity index (χ0n) is 16.2. The monoisotopic (exact) mass is 470 g/mol. The average Bonchev–Trinajstić information content (AvgIpc) is 3.34. The van der Waals surface area contributed by atoms with Crippen LogP contribution < -0.4 is 5.32 Å². The van der Waals surface area contributed by atoms with Crippen LogP contribution >= 0.6 is 28.1 Å². The highest BCUT2D eigenvalue weighted by Crippen LogP contribution is 2.39. The van der Waals surface area contributed by atoms with Crippen molar-refractivity contribution >= 4 is 33.3 Å². The molecular weight excluding hydrogens is 448 g/mol. The van der Waals surface area contributed by atoms with E-state index in [1.54, 1.807) is 7.11 Å². The number of thiocarbonyl (C=S) groups is 1. The lowest BCUT2D eigenvalue weighted by Gasteiger charge is -2.29. The first-order valence-corrected chi connectivity index (χ1v) is 10.8. The number of nitrogens with one attached hydrogen (secondary N) is 1. The summed E-state index contributed by atoms with van der Waals surface area (Å²) >= 11 is 9.25. The second kappa shape index (κ2) is 9.07. The van der Waals surface area contributed by atoms with Crippen LogP contribution in [-0.4, -0.2) is 39.8 Å². The molecule has 1 saturated heterocycles. The Morgan fingerprint density at radius 1 is 1.14 bits per heavy atom. The number of benzene rings is 1. The van der Waals surface area contributed by atoms with Crippen LogP contribution in [0.15, 0.2) is 71.5 Å². The molecular formula is C22H23BrN4OS. The van der Waals surface area contributed by atoms with E-state index in [-0.39, 0.29) is 12.1 Å². The molecule has 150 valence electrons. The normalized spacial score (nSPS) is 18.8. The molecule has 5 nitrogen and oxygen atoms in total. The van der Waals surface area contributed by atoms with Crippen LogP contribution in [0.25, 0.3) is 5.69 Å². The van der Waals surface area contributed by atoms with Crippen molar-refractivity contribution < 1.29 is 4.74 Å². The van der Waals surface area contributed by atoms with Gasteiger partial charge in [0.2, 0.25) is 0 Å². The van der Waals surface area contributed by atoms with E-state index in [2.05, 4.69) is 84.4 Å². The molecule has 2 unspecified atom stereocenters. The fourth-order valence-electron chi connectivity index (χ4n) is 3.82. The maximum absolute atomic E-state index is 5.73. The van der Waals surface area contributed by atoms with Crippen molar-refractivity contribution in [1.29, 1.82) is 0 Å². The van der Waals surface area contributed by atoms with Gasteiger partial charge in [0.25, 0.3) is 0 Å². The molecule has 2 atom stereocenters. The Balaban J connectivity index is 1.75. The van der Waals surface area contributed by atoms with E-state index in [9.17, 15) is 0 Å². The van der Waals surface area contributed by atoms with Gasteiger partial charge >= 0.3 is 0 Å². The van der Waals surface area contributed by atoms with Crippen LogP contribution in [0.1, 0.15) is 29.9 Å². The number of halogens is 1. The molecule has 3 aromatic rings. The third-order valence-electron chi connectivity index (χ3n) is 5.13. The van der Waals surface area contributed by atoms with Crippen LogP contribution in [0.2, 0.25) is 0 Å². The minimum absolute atomic E-state index is 0.0182. The Hall–Kier alpha value is -2.22. The minimum Gasteiger partial charge on any atom is -0.385 e. The molecule has 1 aliphatic rings. The smallest absolute Gasteiger partial charge is 0.170 e. The highest BCUT2D eigenvalue weighted by Gasteiger charge is 2.40. The zero-order valence-corrected chi connectivity index (χ0v) is 18.6. The zero-order chi connectivity index (χ0) is 20.2. The molecule has 0 bridgehead atoms. The summed E-state index contributed by atoms with van der Waals surface area (Å²) in [5, 5.41) is 4.26. The largest absolute Gasteiger partial charge is 0.385 e. The van der Waals surface area contributed by atoms with E-state index < -0.39 is 0 Å². The van der Waals surface area contributed by atoms with Crippen molar-refractivity contribution in [1.82, 2.24) is 19.8 Å². The Bertz CT molecular complexity index is 960. The van der Waals surface area contributed by atoms with E-state index >= 15 is 0 Å². The minimum atomic E-state index is -0.0182. The van der Waals surface area contributed by atoms with Crippen LogP contribution in [0.5, 0.6) is 0 Å². The van der Waals surface area contributed by atoms with Crippen LogP contribution in [0, 0.1) is 0 Å². The summed E-state index contributed by atoms with van der Waals surface area (Å²) in [5.74, 6) is 0. The molecule has 1 aromatic carbocycles. The predicted octanol–water partition coefficient (Wildman–Crippen LogP) is 4.64. The molecule has 1 aliphatic heterocycles. The first-order chi connectivity index (χ1) is 14.2. The maximum atomic E-state index is 5.73. The summed E-state index contributed by atoms with van der Waals surface area (Å²) in [6.45, 7) is 1.52. The summed E-state index contributed by atoms with van der Waals surface area (Å²) in [5.41, 5.74) is 3.27. The van der Waals surface area contributed by atoms with Gasteiger partial charge in [-0.15, -0.1) is 0 Å². The fourth-order valence-corrected chi connectivity index (χ4v) is 4.42. The van der Waals surface area contributed by atoms with Gasteiger partial charge in [-0.05, 0) is 67.2 Å². The first kappa shape index (κ1) is 20.1. The number of nitrogens with zero attached hydrogens (tertiary/aromatic N) is 3. The topological polar surface area (TPSA) is 42.3 Å². The number of aromatic nitrogens is 2. The molecule has 2 aromatic heterocycles. The van der Waals surface area contributed by atoms with Gasteiger partial charge < -0.3 is 19.5 Å². The number of hydrogen-bond acceptors (Lipinski definition) is 3. The third-order valence-corrected chi connectivity index (χ3v) is 6.01. The summed E-state index contributed by atoms with van der Waals surface area (Å²) < 4.78 is 8.56. The van der Waals surface area contributed by atoms with Gasteiger partial charge in [0, 0.05) is 48.5 Å². The van der Waals surface area contributed by atoms with Gasteiger partial charge in [0.15, 0.2) is 5.11 Å². The first-order valence-electron chi connectivity index (χ1n) is 9.59. The van der Waals surface area contributed by atoms with Gasteiger partial charge in [-0.25, -0.2) is 0 Å². The van der Waals surface area contributed by atoms with E-state index in [0.29, 0.717) is 6.61 Å². The molecule has 4 rings (SSSR count). The van der Waals surface area contributed by atoms with Crippen molar-refractivity contribution in [2.75, 3.05) is 20.3 Å². The van der Waals surface area contributed by atoms with Crippen molar-refractivity contribution in [3.05, 3.63) is 82.9 Å². The number of methoxy groups -OCH3 is 1. The fraction of sp³-hybridized carbons (Fsp3) is 0.273. The van der Waals surface area contributed by atoms with Gasteiger partial charge in [0.1, 0.15) is 0 Å². The lowest BCUT2D eigenvalue weighted by atomic mass is 10.0. The summed E-state index contributed by atoms with van der Waals surface area (Å²) in [4.78, 5) is 6.87. The Labute approximate surface area is 184 Å². The van der Waals surface area contributed by atoms with Crippen molar-refractivity contribution in [2.45, 2.75) is 18.5 Å². The van der Waals surface area contributed by atoms with Gasteiger partial charge in [-0.2, -0.15) is 0 Å². The highest BCUT2D eigenvalue weighted by atomic mass is 79.9. The molecule has 29 heavy (non-hydrogen) atoms. The molecule has 7 heteroatoms. The van der Waals surface area contributed by atoms with E-state index in [1.807, 2.05) is 18.3 Å². The van der Waals surface area contributed by atoms with Crippen molar-refractivity contribution in [3.8, 4) is 5.69 Å². The van der Waals surface area contributed by atoms with E-state index in [1.165, 1.54) is 5.69 Å². The van der Waals surface area contributed by atoms with Crippen LogP contribution in [-0.2, 0) is 4.74 Å². The lowest BCUT2D eigenvalue weighted by Crippen LogP contribution is -2.32. The number of ether oxygens (including phenoxy) is 1. The Morgan fingerprint density at radius 3 is 2.69 bits per heavy atom. The standard InChI is InChI=1S/C22H23BrN4OS/c1-28-15-5-14-27-21(20(25-22(27)29)18-6-2-3-12-24-18)19-7-4-13-26(19)17-10-8-16(23)9-11-17/h2-4,6-13,20-21H,5,14-15H2,1H3,(H,25,29). The van der Waals surface area contributed by atoms with Crippen LogP contribution in [0.3, 0.4) is 0 Å². The highest BCUT2D eigenvalue weighted by molar-refractivity contribution is 9.10. The predicted molar refractivity (Wildman–Crippen MR) is 122 cm³/mol. The molecule has 1 N–H and O–H groups in total. The molecule has 0 amide bonds. The average molecular weight is 471 g/mol. The second-order valence-corrected chi connectivity index (χ2v) is 8.25. The number of rotatable bonds is 7. The third kappa shape index (κ3) is 4.22. The van der Waals surface area contributed by atoms with Crippen molar-refractivity contribution in [2.24, 2.45) is 0 Å². The molecule has 0 spiro atoms. The van der Waals surface area contributed by atoms with Crippen LogP contribution in [0.4, 0.5) is 0 Å². The van der Waals surface area contributed by atoms with Gasteiger partial charge in [-0.1, -0.05) is 22.0 Å². The SMILES string of the molecule is COCCCN1C(=S)NC(c2ccccn2)C1c1cccn1-c1ccc(Br)cc1. The Kier molecular flexibility index (Phi) is 6.28. The summed E-state index contributed by atoms with van der Waals surface area (Å²) in [6, 6.07) is 18.6. The van der Waals surface area contributed by atoms with E-state index in [0.717, 1.165) is 33.9 Å². The second-order valence-electron chi connectivity index (χ2n) is 6.95. The number of hydrogen-bond donors (Lipinski definition) is 1. The Morgan fingerprint density at radius 2 is 1.97 bits per heavy atom. The van der Waals surface area contributed by atoms with Gasteiger partial charge in [-0.3, -0.25) is 4.98 Å². The molecule has 0 saturated carbocycles. The molecule has 0 radical (unpaired) electrons. The molecule has 3 heterocycles. The summed E-state index contributed by atoms with van der Waals surface area (Å²) in [6.07, 6.45) is 4.84. The molecule has 1 fully saturated rings. The lowest BCUT2D eigenvalue weighted by molar-refractivity contribution is 0.180. The molecule has 0 aliphatic carbocycles. The van der Waals surface area contributed by atoms with Crippen molar-refractivity contribution in [3.63, 3.8) is 0 Å². The summed E-state index contributed by atoms with van der Waals surface area (Å²) in [7, 11) is 1.73. The maximum Gasteiger partial charge on any atom is 0.170 e.